The number of carbonyl (C=O) groups is 4. The summed E-state index contributed by atoms with van der Waals surface area (Å²) in [4.78, 5) is 50.3. The molecule has 0 spiro atoms. The van der Waals surface area contributed by atoms with Crippen LogP contribution >= 0.6 is 45.8 Å². The molecule has 0 bridgehead atoms. The fraction of sp³-hybridized carbons (Fsp3) is 0.0833. The van der Waals surface area contributed by atoms with Crippen LogP contribution in [0, 0.1) is 3.57 Å². The second-order valence-electron chi connectivity index (χ2n) is 7.00. The van der Waals surface area contributed by atoms with Gasteiger partial charge in [0.2, 0.25) is 12.2 Å². The molecule has 0 aliphatic carbocycles. The number of aliphatic carboxylic acids is 1. The van der Waals surface area contributed by atoms with Gasteiger partial charge in [0, 0.05) is 19.3 Å². The average molecular weight is 628 g/mol. The van der Waals surface area contributed by atoms with Gasteiger partial charge in [0.25, 0.3) is 5.91 Å². The van der Waals surface area contributed by atoms with Gasteiger partial charge in [0.1, 0.15) is 0 Å². The van der Waals surface area contributed by atoms with Crippen LogP contribution in [0.2, 0.25) is 10.0 Å². The Morgan fingerprint density at radius 1 is 0.714 bits per heavy atom. The number of rotatable bonds is 8. The summed E-state index contributed by atoms with van der Waals surface area (Å²) in [5, 5.41) is 13.0. The van der Waals surface area contributed by atoms with Crippen LogP contribution < -0.4 is 5.32 Å². The summed E-state index contributed by atoms with van der Waals surface area (Å²) in [5.74, 6) is -4.77. The Balaban J connectivity index is 1.90. The third-order valence-electron chi connectivity index (χ3n) is 4.52. The third kappa shape index (κ3) is 7.41. The fourth-order valence-corrected chi connectivity index (χ4v) is 3.39. The minimum absolute atomic E-state index is 0.00892. The molecule has 0 radical (unpaired) electrons. The van der Waals surface area contributed by atoms with Crippen LogP contribution in [0.25, 0.3) is 0 Å². The first-order valence-corrected chi connectivity index (χ1v) is 11.7. The smallest absolute Gasteiger partial charge is 0.349 e. The highest BCUT2D eigenvalue weighted by Gasteiger charge is 2.41. The van der Waals surface area contributed by atoms with E-state index in [4.69, 9.17) is 32.7 Å². The average Bonchev–Trinajstić information content (AvgIpc) is 2.83. The van der Waals surface area contributed by atoms with Crippen molar-refractivity contribution in [1.29, 1.82) is 0 Å². The standard InChI is InChI=1S/C24H16Cl2INO7/c25-15-5-1-13(2-6-15)23(32)34-19(21(29)28-18-11-9-17(27)10-12-18)20(22(30)31)35-24(33)14-3-7-16(26)8-4-14/h1-12,19-20H,(H,28,29)(H,30,31)/t19-,20+/m0/s1. The molecule has 180 valence electrons. The molecule has 3 aromatic carbocycles. The van der Waals surface area contributed by atoms with E-state index in [1.165, 1.54) is 48.5 Å². The second-order valence-corrected chi connectivity index (χ2v) is 9.12. The molecule has 0 aliphatic heterocycles. The minimum Gasteiger partial charge on any atom is -0.478 e. The molecular weight excluding hydrogens is 612 g/mol. The Morgan fingerprint density at radius 2 is 1.14 bits per heavy atom. The molecule has 3 rings (SSSR count). The first-order chi connectivity index (χ1) is 16.6. The highest BCUT2D eigenvalue weighted by Crippen LogP contribution is 2.18. The summed E-state index contributed by atoms with van der Waals surface area (Å²) in [7, 11) is 0. The van der Waals surface area contributed by atoms with Crippen LogP contribution in [0.5, 0.6) is 0 Å². The number of benzene rings is 3. The van der Waals surface area contributed by atoms with Crippen LogP contribution in [0.15, 0.2) is 72.8 Å². The number of halogens is 3. The lowest BCUT2D eigenvalue weighted by Crippen LogP contribution is -2.48. The summed E-state index contributed by atoms with van der Waals surface area (Å²) in [6.45, 7) is 0. The molecular formula is C24H16Cl2INO7. The molecule has 0 unspecified atom stereocenters. The first kappa shape index (κ1) is 26.5. The number of hydrogen-bond acceptors (Lipinski definition) is 6. The molecule has 0 heterocycles. The van der Waals surface area contributed by atoms with Crippen molar-refractivity contribution >= 4 is 75.3 Å². The van der Waals surface area contributed by atoms with Gasteiger partial charge in [0.15, 0.2) is 0 Å². The van der Waals surface area contributed by atoms with E-state index in [1.54, 1.807) is 24.3 Å². The predicted octanol–water partition coefficient (Wildman–Crippen LogP) is 5.07. The number of anilines is 1. The van der Waals surface area contributed by atoms with E-state index in [2.05, 4.69) is 27.9 Å². The molecule has 3 aromatic rings. The molecule has 0 aliphatic rings. The van der Waals surface area contributed by atoms with Crippen LogP contribution in [0.4, 0.5) is 5.69 Å². The van der Waals surface area contributed by atoms with Crippen molar-refractivity contribution in [3.63, 3.8) is 0 Å². The Bertz CT molecular complexity index is 1230. The number of esters is 2. The summed E-state index contributed by atoms with van der Waals surface area (Å²) < 4.78 is 11.2. The minimum atomic E-state index is -2.15. The van der Waals surface area contributed by atoms with Gasteiger partial charge in [-0.3, -0.25) is 4.79 Å². The van der Waals surface area contributed by atoms with Crippen molar-refractivity contribution in [3.8, 4) is 0 Å². The Hall–Kier alpha value is -3.15. The van der Waals surface area contributed by atoms with Gasteiger partial charge in [0.05, 0.1) is 11.1 Å². The summed E-state index contributed by atoms with van der Waals surface area (Å²) in [5.41, 5.74) is 0.312. The van der Waals surface area contributed by atoms with Crippen LogP contribution in [0.1, 0.15) is 20.7 Å². The summed E-state index contributed by atoms with van der Waals surface area (Å²) >= 11 is 13.7. The Kier molecular flexibility index (Phi) is 9.07. The number of carboxylic acid groups (broad SMARTS) is 1. The van der Waals surface area contributed by atoms with Gasteiger partial charge < -0.3 is 19.9 Å². The number of ether oxygens (including phenoxy) is 2. The molecule has 35 heavy (non-hydrogen) atoms. The lowest BCUT2D eigenvalue weighted by molar-refractivity contribution is -0.157. The van der Waals surface area contributed by atoms with Crippen LogP contribution in [-0.4, -0.2) is 41.1 Å². The first-order valence-electron chi connectivity index (χ1n) is 9.86. The predicted molar refractivity (Wildman–Crippen MR) is 137 cm³/mol. The van der Waals surface area contributed by atoms with Crippen molar-refractivity contribution in [3.05, 3.63) is 97.5 Å². The van der Waals surface area contributed by atoms with Gasteiger partial charge in [-0.05, 0) is 95.4 Å². The summed E-state index contributed by atoms with van der Waals surface area (Å²) in [6.07, 6.45) is -4.18. The van der Waals surface area contributed by atoms with E-state index < -0.39 is 36.0 Å². The summed E-state index contributed by atoms with van der Waals surface area (Å²) in [6, 6.07) is 17.6. The van der Waals surface area contributed by atoms with Gasteiger partial charge >= 0.3 is 17.9 Å². The van der Waals surface area contributed by atoms with E-state index in [1.807, 2.05) is 0 Å². The zero-order chi connectivity index (χ0) is 25.5. The topological polar surface area (TPSA) is 119 Å². The van der Waals surface area contributed by atoms with Gasteiger partial charge in [-0.25, -0.2) is 14.4 Å². The van der Waals surface area contributed by atoms with E-state index in [0.717, 1.165) is 3.57 Å². The molecule has 0 fully saturated rings. The molecule has 0 aromatic heterocycles. The van der Waals surface area contributed by atoms with Gasteiger partial charge in [-0.1, -0.05) is 23.2 Å². The molecule has 11 heteroatoms. The molecule has 2 N–H and O–H groups in total. The third-order valence-corrected chi connectivity index (χ3v) is 5.74. The van der Waals surface area contributed by atoms with Crippen molar-refractivity contribution in [2.45, 2.75) is 12.2 Å². The van der Waals surface area contributed by atoms with E-state index in [9.17, 15) is 24.3 Å². The van der Waals surface area contributed by atoms with Crippen molar-refractivity contribution in [1.82, 2.24) is 0 Å². The zero-order valence-corrected chi connectivity index (χ0v) is 21.3. The monoisotopic (exact) mass is 627 g/mol. The number of carbonyl (C=O) groups excluding carboxylic acids is 3. The number of hydrogen-bond donors (Lipinski definition) is 2. The van der Waals surface area contributed by atoms with Crippen LogP contribution in [-0.2, 0) is 19.1 Å². The van der Waals surface area contributed by atoms with Crippen LogP contribution in [0.3, 0.4) is 0 Å². The highest BCUT2D eigenvalue weighted by atomic mass is 127. The number of carboxylic acids is 1. The van der Waals surface area contributed by atoms with Crippen molar-refractivity contribution < 1.29 is 33.8 Å². The van der Waals surface area contributed by atoms with Gasteiger partial charge in [-0.2, -0.15) is 0 Å². The molecule has 1 amide bonds. The Labute approximate surface area is 223 Å². The lowest BCUT2D eigenvalue weighted by Gasteiger charge is -2.23. The van der Waals surface area contributed by atoms with Gasteiger partial charge in [-0.15, -0.1) is 0 Å². The van der Waals surface area contributed by atoms with E-state index >= 15 is 0 Å². The quantitative estimate of drug-likeness (QED) is 0.264. The maximum Gasteiger partial charge on any atom is 0.349 e. The van der Waals surface area contributed by atoms with Crippen molar-refractivity contribution in [2.75, 3.05) is 5.32 Å². The normalized spacial score (nSPS) is 12.2. The molecule has 8 nitrogen and oxygen atoms in total. The molecule has 2 atom stereocenters. The largest absolute Gasteiger partial charge is 0.478 e. The lowest BCUT2D eigenvalue weighted by atomic mass is 10.1. The molecule has 0 saturated heterocycles. The van der Waals surface area contributed by atoms with E-state index in [0.29, 0.717) is 15.7 Å². The maximum atomic E-state index is 13.0. The Morgan fingerprint density at radius 3 is 1.57 bits per heavy atom. The fourth-order valence-electron chi connectivity index (χ4n) is 2.78. The van der Waals surface area contributed by atoms with E-state index in [-0.39, 0.29) is 11.1 Å². The maximum absolute atomic E-state index is 13.0. The molecule has 0 saturated carbocycles. The highest BCUT2D eigenvalue weighted by molar-refractivity contribution is 14.1. The number of amides is 1. The second kappa shape index (κ2) is 12.0. The SMILES string of the molecule is O=C(O[C@H](C(=O)Nc1ccc(I)cc1)[C@@H](OC(=O)c1ccc(Cl)cc1)C(=O)O)c1ccc(Cl)cc1. The zero-order valence-electron chi connectivity index (χ0n) is 17.6. The van der Waals surface area contributed by atoms with Crippen molar-refractivity contribution in [2.24, 2.45) is 0 Å². The number of nitrogens with one attached hydrogen (secondary N) is 1.